The lowest BCUT2D eigenvalue weighted by Crippen LogP contribution is -2.49. The van der Waals surface area contributed by atoms with Gasteiger partial charge in [0.15, 0.2) is 11.4 Å². The highest BCUT2D eigenvalue weighted by Gasteiger charge is 2.39. The maximum atomic E-state index is 12.7. The van der Waals surface area contributed by atoms with Gasteiger partial charge in [-0.2, -0.15) is 0 Å². The third-order valence-corrected chi connectivity index (χ3v) is 6.48. The van der Waals surface area contributed by atoms with E-state index in [-0.39, 0.29) is 28.5 Å². The summed E-state index contributed by atoms with van der Waals surface area (Å²) in [4.78, 5) is 25.2. The minimum Gasteiger partial charge on any atom is -0.505 e. The predicted octanol–water partition coefficient (Wildman–Crippen LogP) is 5.13. The van der Waals surface area contributed by atoms with E-state index in [4.69, 9.17) is 18.6 Å². The van der Waals surface area contributed by atoms with E-state index >= 15 is 0 Å². The van der Waals surface area contributed by atoms with Crippen molar-refractivity contribution < 1.29 is 28.5 Å². The molecule has 0 aliphatic carbocycles. The molecule has 0 spiro atoms. The third-order valence-electron chi connectivity index (χ3n) is 5.99. The molecule has 9 heteroatoms. The van der Waals surface area contributed by atoms with Crippen molar-refractivity contribution >= 4 is 38.5 Å². The van der Waals surface area contributed by atoms with Gasteiger partial charge in [0.25, 0.3) is 5.91 Å². The molecule has 4 rings (SSSR count). The predicted molar refractivity (Wildman–Crippen MR) is 131 cm³/mol. The molecule has 2 N–H and O–H groups in total. The van der Waals surface area contributed by atoms with Crippen LogP contribution < -0.4 is 15.7 Å². The van der Waals surface area contributed by atoms with Crippen molar-refractivity contribution in [2.24, 2.45) is 0 Å². The van der Waals surface area contributed by atoms with Crippen LogP contribution in [0.4, 0.5) is 5.69 Å². The Balaban J connectivity index is 1.62. The average Bonchev–Trinajstić information content (AvgIpc) is 2.78. The van der Waals surface area contributed by atoms with Crippen molar-refractivity contribution in [3.8, 4) is 11.5 Å². The van der Waals surface area contributed by atoms with Crippen molar-refractivity contribution in [1.82, 2.24) is 0 Å². The van der Waals surface area contributed by atoms with Crippen LogP contribution >= 0.6 is 15.9 Å². The molecular formula is C25H26BrNO7. The number of hydrogen-bond donors (Lipinski definition) is 2. The lowest BCUT2D eigenvalue weighted by atomic mass is 9.94. The van der Waals surface area contributed by atoms with E-state index in [9.17, 15) is 14.7 Å². The summed E-state index contributed by atoms with van der Waals surface area (Å²) < 4.78 is 23.8. The van der Waals surface area contributed by atoms with Gasteiger partial charge < -0.3 is 29.1 Å². The number of anilines is 1. The van der Waals surface area contributed by atoms with Crippen LogP contribution in [0.1, 0.15) is 42.6 Å². The van der Waals surface area contributed by atoms with Gasteiger partial charge in [-0.1, -0.05) is 22.0 Å². The third kappa shape index (κ3) is 4.68. The van der Waals surface area contributed by atoms with E-state index in [2.05, 4.69) is 21.2 Å². The topological polar surface area (TPSA) is 107 Å². The number of nitrogens with one attached hydrogen (secondary N) is 1. The number of aryl methyl sites for hydroxylation is 1. The van der Waals surface area contributed by atoms with Gasteiger partial charge in [-0.3, -0.25) is 4.79 Å². The molecule has 0 radical (unpaired) electrons. The number of methoxy groups -OCH3 is 1. The van der Waals surface area contributed by atoms with Crippen molar-refractivity contribution in [1.29, 1.82) is 0 Å². The smallest absolute Gasteiger partial charge is 0.364 e. The number of ether oxygens (including phenoxy) is 3. The fourth-order valence-electron chi connectivity index (χ4n) is 4.15. The molecular weight excluding hydrogens is 506 g/mol. The molecule has 2 heterocycles. The number of benzene rings is 2. The number of hydrogen-bond acceptors (Lipinski definition) is 7. The second kappa shape index (κ2) is 9.40. The molecule has 3 aromatic rings. The quantitative estimate of drug-likeness (QED) is 0.439. The Morgan fingerprint density at radius 3 is 2.68 bits per heavy atom. The highest BCUT2D eigenvalue weighted by atomic mass is 79.9. The molecule has 34 heavy (non-hydrogen) atoms. The Morgan fingerprint density at radius 2 is 2.00 bits per heavy atom. The average molecular weight is 532 g/mol. The number of carbonyl (C=O) groups excluding carboxylic acids is 1. The molecule has 1 aliphatic heterocycles. The van der Waals surface area contributed by atoms with E-state index in [0.717, 1.165) is 6.42 Å². The molecule has 0 saturated carbocycles. The largest absolute Gasteiger partial charge is 0.505 e. The summed E-state index contributed by atoms with van der Waals surface area (Å²) in [6, 6.07) is 9.92. The van der Waals surface area contributed by atoms with Gasteiger partial charge in [0, 0.05) is 29.1 Å². The Kier molecular flexibility index (Phi) is 6.71. The fourth-order valence-corrected chi connectivity index (χ4v) is 4.55. The van der Waals surface area contributed by atoms with Crippen LogP contribution in [0.2, 0.25) is 0 Å². The van der Waals surface area contributed by atoms with Crippen molar-refractivity contribution in [2.75, 3.05) is 12.4 Å². The van der Waals surface area contributed by atoms with Crippen LogP contribution in [0.15, 0.2) is 50.1 Å². The monoisotopic (exact) mass is 531 g/mol. The minimum atomic E-state index is -0.869. The van der Waals surface area contributed by atoms with Gasteiger partial charge >= 0.3 is 5.63 Å². The zero-order valence-corrected chi connectivity index (χ0v) is 20.9. The van der Waals surface area contributed by atoms with Gasteiger partial charge in [0.1, 0.15) is 11.3 Å². The maximum absolute atomic E-state index is 12.7. The minimum absolute atomic E-state index is 0.0364. The first-order valence-electron chi connectivity index (χ1n) is 10.8. The Morgan fingerprint density at radius 1 is 1.24 bits per heavy atom. The number of rotatable bonds is 5. The van der Waals surface area contributed by atoms with Crippen LogP contribution in [-0.4, -0.2) is 36.1 Å². The summed E-state index contributed by atoms with van der Waals surface area (Å²) in [5, 5.41) is 13.5. The van der Waals surface area contributed by atoms with Crippen molar-refractivity contribution in [3.05, 3.63) is 62.4 Å². The van der Waals surface area contributed by atoms with Crippen LogP contribution in [0.3, 0.4) is 0 Å². The Hall–Kier alpha value is -2.88. The van der Waals surface area contributed by atoms with E-state index in [1.54, 1.807) is 50.4 Å². The number of aromatic hydroxyl groups is 1. The summed E-state index contributed by atoms with van der Waals surface area (Å²) in [6.07, 6.45) is 0.875. The second-order valence-corrected chi connectivity index (χ2v) is 9.63. The first-order valence-corrected chi connectivity index (χ1v) is 11.6. The summed E-state index contributed by atoms with van der Waals surface area (Å²) in [5.74, 6) is -0.453. The Labute approximate surface area is 204 Å². The summed E-state index contributed by atoms with van der Waals surface area (Å²) >= 11 is 3.30. The van der Waals surface area contributed by atoms with Gasteiger partial charge in [0.05, 0.1) is 17.1 Å². The highest BCUT2D eigenvalue weighted by molar-refractivity contribution is 9.10. The number of amides is 1. The van der Waals surface area contributed by atoms with Gasteiger partial charge in [-0.15, -0.1) is 0 Å². The van der Waals surface area contributed by atoms with Crippen LogP contribution in [-0.2, 0) is 9.47 Å². The summed E-state index contributed by atoms with van der Waals surface area (Å²) in [7, 11) is 1.66. The molecule has 1 aromatic heterocycles. The maximum Gasteiger partial charge on any atom is 0.364 e. The zero-order chi connectivity index (χ0) is 24.6. The lowest BCUT2D eigenvalue weighted by Gasteiger charge is -2.41. The summed E-state index contributed by atoms with van der Waals surface area (Å²) in [5.41, 5.74) is -0.691. The standard InChI is InChI=1S/C25H26BrNO7/c1-13-17(32-19-11-10-18(31-4)25(2,3)34-19)9-8-16-21(28)20(24(30)33-22(13)16)27-23(29)14-6-5-7-15(26)12-14/h5-9,12,18-19,28H,10-11H2,1-4H3,(H,27,29)/t18-,19-/m1/s1. The van der Waals surface area contributed by atoms with E-state index in [1.807, 2.05) is 13.8 Å². The number of fused-ring (bicyclic) bond motifs is 1. The number of halogens is 1. The highest BCUT2D eigenvalue weighted by Crippen LogP contribution is 2.37. The molecule has 0 unspecified atom stereocenters. The van der Waals surface area contributed by atoms with E-state index in [0.29, 0.717) is 27.8 Å². The Bertz CT molecular complexity index is 1300. The van der Waals surface area contributed by atoms with Gasteiger partial charge in [-0.05, 0) is 57.5 Å². The van der Waals surface area contributed by atoms with Crippen molar-refractivity contribution in [2.45, 2.75) is 51.6 Å². The van der Waals surface area contributed by atoms with Gasteiger partial charge in [0.2, 0.25) is 6.29 Å². The van der Waals surface area contributed by atoms with Gasteiger partial charge in [-0.25, -0.2) is 4.79 Å². The normalized spacial score (nSPS) is 19.7. The lowest BCUT2D eigenvalue weighted by molar-refractivity contribution is -0.233. The zero-order valence-electron chi connectivity index (χ0n) is 19.3. The second-order valence-electron chi connectivity index (χ2n) is 8.71. The molecule has 1 aliphatic rings. The molecule has 1 fully saturated rings. The molecule has 2 atom stereocenters. The molecule has 0 bridgehead atoms. The fraction of sp³-hybridized carbons (Fsp3) is 0.360. The molecule has 1 saturated heterocycles. The molecule has 180 valence electrons. The van der Waals surface area contributed by atoms with Crippen LogP contribution in [0.25, 0.3) is 11.0 Å². The number of carbonyl (C=O) groups is 1. The first-order chi connectivity index (χ1) is 16.1. The molecule has 1 amide bonds. The molecule has 8 nitrogen and oxygen atoms in total. The van der Waals surface area contributed by atoms with Crippen LogP contribution in [0.5, 0.6) is 11.5 Å². The molecule has 2 aromatic carbocycles. The van der Waals surface area contributed by atoms with E-state index in [1.165, 1.54) is 0 Å². The van der Waals surface area contributed by atoms with Crippen molar-refractivity contribution in [3.63, 3.8) is 0 Å². The first kappa shape index (κ1) is 24.3. The SMILES string of the molecule is CO[C@@H]1CC[C@H](Oc2ccc3c(O)c(NC(=O)c4cccc(Br)c4)c(=O)oc3c2C)OC1(C)C. The van der Waals surface area contributed by atoms with E-state index < -0.39 is 23.4 Å². The van der Waals surface area contributed by atoms with Crippen LogP contribution in [0, 0.1) is 6.92 Å². The summed E-state index contributed by atoms with van der Waals surface area (Å²) in [6.45, 7) is 5.63.